The van der Waals surface area contributed by atoms with Gasteiger partial charge in [-0.2, -0.15) is 0 Å². The molecule has 2 aromatic rings. The van der Waals surface area contributed by atoms with E-state index in [1.54, 1.807) is 21.3 Å². The third-order valence-electron chi connectivity index (χ3n) is 6.39. The zero-order valence-electron chi connectivity index (χ0n) is 20.0. The molecule has 4 rings (SSSR count). The molecule has 170 valence electrons. The van der Waals surface area contributed by atoms with Crippen LogP contribution in [0.4, 0.5) is 11.4 Å². The van der Waals surface area contributed by atoms with Gasteiger partial charge in [0.05, 0.1) is 27.0 Å². The van der Waals surface area contributed by atoms with E-state index in [-0.39, 0.29) is 17.1 Å². The van der Waals surface area contributed by atoms with Gasteiger partial charge in [0.2, 0.25) is 5.75 Å². The number of Topliss-reactive ketones (excluding diaryl/α,β-unsaturated/α-hetero) is 1. The molecule has 1 N–H and O–H groups in total. The van der Waals surface area contributed by atoms with Crippen LogP contribution in [0.3, 0.4) is 0 Å². The third kappa shape index (κ3) is 3.57. The van der Waals surface area contributed by atoms with Crippen LogP contribution in [0.5, 0.6) is 17.2 Å². The highest BCUT2D eigenvalue weighted by Crippen LogP contribution is 2.56. The van der Waals surface area contributed by atoms with Gasteiger partial charge in [0.15, 0.2) is 17.3 Å². The second-order valence-corrected chi connectivity index (χ2v) is 9.48. The Hall–Kier alpha value is -3.15. The van der Waals surface area contributed by atoms with Gasteiger partial charge in [0.25, 0.3) is 0 Å². The number of methoxy groups -OCH3 is 3. The number of nitrogens with one attached hydrogen (secondary N) is 1. The maximum absolute atomic E-state index is 13.5. The number of anilines is 2. The van der Waals surface area contributed by atoms with E-state index in [1.807, 2.05) is 20.2 Å². The number of ketones is 1. The van der Waals surface area contributed by atoms with Gasteiger partial charge in [-0.05, 0) is 29.5 Å². The highest BCUT2D eigenvalue weighted by Gasteiger charge is 2.43. The molecule has 0 amide bonds. The zero-order valence-corrected chi connectivity index (χ0v) is 20.0. The lowest BCUT2D eigenvalue weighted by Crippen LogP contribution is -2.34. The quantitative estimate of drug-likeness (QED) is 0.713. The highest BCUT2D eigenvalue weighted by molar-refractivity contribution is 6.02. The van der Waals surface area contributed by atoms with Crippen LogP contribution in [0.15, 0.2) is 41.6 Å². The first-order valence-electron chi connectivity index (χ1n) is 10.8. The number of hydrogen-bond donors (Lipinski definition) is 1. The molecule has 0 spiro atoms. The molecular weight excluding hydrogens is 404 g/mol. The van der Waals surface area contributed by atoms with Gasteiger partial charge in [-0.15, -0.1) is 0 Å². The molecule has 0 unspecified atom stereocenters. The maximum atomic E-state index is 13.5. The lowest BCUT2D eigenvalue weighted by molar-refractivity contribution is -0.118. The van der Waals surface area contributed by atoms with Crippen LogP contribution in [-0.4, -0.2) is 41.2 Å². The van der Waals surface area contributed by atoms with Crippen molar-refractivity contribution >= 4 is 17.2 Å². The Morgan fingerprint density at radius 2 is 1.62 bits per heavy atom. The van der Waals surface area contributed by atoms with E-state index >= 15 is 0 Å². The number of ether oxygens (including phenoxy) is 3. The van der Waals surface area contributed by atoms with Crippen molar-refractivity contribution in [1.29, 1.82) is 0 Å². The molecule has 32 heavy (non-hydrogen) atoms. The van der Waals surface area contributed by atoms with Crippen molar-refractivity contribution in [2.75, 3.05) is 45.6 Å². The molecule has 1 atom stereocenters. The Morgan fingerprint density at radius 3 is 2.19 bits per heavy atom. The summed E-state index contributed by atoms with van der Waals surface area (Å²) in [5.74, 6) is 1.62. The largest absolute Gasteiger partial charge is 0.493 e. The predicted molar refractivity (Wildman–Crippen MR) is 127 cm³/mol. The Morgan fingerprint density at radius 1 is 0.969 bits per heavy atom. The van der Waals surface area contributed by atoms with Gasteiger partial charge in [-0.25, -0.2) is 0 Å². The SMILES string of the molecule is COc1cc2c(c(OC)c1OC)[C@@H](c1ccc(N(C)C)cc1)C1=C(CC(C)(C)CC1=O)N2. The van der Waals surface area contributed by atoms with Gasteiger partial charge < -0.3 is 24.4 Å². The minimum Gasteiger partial charge on any atom is -0.493 e. The molecular formula is C26H32N2O4. The molecule has 0 radical (unpaired) electrons. The van der Waals surface area contributed by atoms with Gasteiger partial charge >= 0.3 is 0 Å². The van der Waals surface area contributed by atoms with Crippen molar-refractivity contribution in [3.05, 3.63) is 52.7 Å². The summed E-state index contributed by atoms with van der Waals surface area (Å²) in [5.41, 5.74) is 5.63. The number of rotatable bonds is 5. The Kier molecular flexibility index (Phi) is 5.57. The molecule has 6 nitrogen and oxygen atoms in total. The van der Waals surface area contributed by atoms with Crippen LogP contribution in [0.2, 0.25) is 0 Å². The molecule has 0 saturated heterocycles. The van der Waals surface area contributed by atoms with Crippen molar-refractivity contribution in [1.82, 2.24) is 0 Å². The number of nitrogens with zero attached hydrogens (tertiary/aromatic N) is 1. The van der Waals surface area contributed by atoms with E-state index < -0.39 is 0 Å². The van der Waals surface area contributed by atoms with Crippen LogP contribution in [0, 0.1) is 5.41 Å². The zero-order chi connectivity index (χ0) is 23.2. The van der Waals surface area contributed by atoms with Gasteiger partial charge in [0.1, 0.15) is 0 Å². The molecule has 0 saturated carbocycles. The van der Waals surface area contributed by atoms with E-state index in [0.717, 1.165) is 40.2 Å². The molecule has 0 aromatic heterocycles. The monoisotopic (exact) mass is 436 g/mol. The van der Waals surface area contributed by atoms with Gasteiger partial charge in [-0.3, -0.25) is 4.79 Å². The topological polar surface area (TPSA) is 60.0 Å². The minimum atomic E-state index is -0.254. The lowest BCUT2D eigenvalue weighted by atomic mass is 9.68. The fourth-order valence-electron chi connectivity index (χ4n) is 4.95. The predicted octanol–water partition coefficient (Wildman–Crippen LogP) is 4.98. The maximum Gasteiger partial charge on any atom is 0.203 e. The van der Waals surface area contributed by atoms with Crippen LogP contribution in [0.25, 0.3) is 0 Å². The summed E-state index contributed by atoms with van der Waals surface area (Å²) in [4.78, 5) is 15.6. The Balaban J connectivity index is 2.00. The second kappa shape index (κ2) is 8.08. The summed E-state index contributed by atoms with van der Waals surface area (Å²) in [6, 6.07) is 10.3. The molecule has 0 fully saturated rings. The van der Waals surface area contributed by atoms with E-state index in [1.165, 1.54) is 0 Å². The van der Waals surface area contributed by atoms with Crippen molar-refractivity contribution < 1.29 is 19.0 Å². The number of fused-ring (bicyclic) bond motifs is 1. The highest BCUT2D eigenvalue weighted by atomic mass is 16.5. The first-order valence-corrected chi connectivity index (χ1v) is 10.8. The summed E-state index contributed by atoms with van der Waals surface area (Å²) >= 11 is 0. The van der Waals surface area contributed by atoms with E-state index in [0.29, 0.717) is 23.7 Å². The van der Waals surface area contributed by atoms with Crippen molar-refractivity contribution in [2.45, 2.75) is 32.6 Å². The van der Waals surface area contributed by atoms with Crippen molar-refractivity contribution in [3.8, 4) is 17.2 Å². The van der Waals surface area contributed by atoms with E-state index in [2.05, 4.69) is 48.3 Å². The first-order chi connectivity index (χ1) is 15.2. The number of benzene rings is 2. The fraction of sp³-hybridized carbons (Fsp3) is 0.423. The van der Waals surface area contributed by atoms with Crippen LogP contribution < -0.4 is 24.4 Å². The third-order valence-corrected chi connectivity index (χ3v) is 6.39. The number of allylic oxidation sites excluding steroid dienone is 2. The first kappa shape index (κ1) is 22.1. The van der Waals surface area contributed by atoms with Crippen LogP contribution in [0.1, 0.15) is 43.7 Å². The Labute approximate surface area is 190 Å². The summed E-state index contributed by atoms with van der Waals surface area (Å²) < 4.78 is 17.1. The molecule has 1 aliphatic heterocycles. The normalized spacial score (nSPS) is 19.0. The van der Waals surface area contributed by atoms with Gasteiger partial charge in [-0.1, -0.05) is 26.0 Å². The number of carbonyl (C=O) groups is 1. The van der Waals surface area contributed by atoms with E-state index in [4.69, 9.17) is 14.2 Å². The molecule has 6 heteroatoms. The smallest absolute Gasteiger partial charge is 0.203 e. The molecule has 1 heterocycles. The Bertz CT molecular complexity index is 1080. The van der Waals surface area contributed by atoms with Crippen molar-refractivity contribution in [2.24, 2.45) is 5.41 Å². The number of hydrogen-bond acceptors (Lipinski definition) is 6. The molecule has 0 bridgehead atoms. The summed E-state index contributed by atoms with van der Waals surface area (Å²) in [6.07, 6.45) is 1.32. The molecule has 2 aromatic carbocycles. The summed E-state index contributed by atoms with van der Waals surface area (Å²) in [5, 5.41) is 3.55. The summed E-state index contributed by atoms with van der Waals surface area (Å²) in [7, 11) is 8.87. The second-order valence-electron chi connectivity index (χ2n) is 9.48. The average Bonchev–Trinajstić information content (AvgIpc) is 2.75. The van der Waals surface area contributed by atoms with Gasteiger partial charge in [0, 0.05) is 55.0 Å². The lowest BCUT2D eigenvalue weighted by Gasteiger charge is -2.40. The summed E-state index contributed by atoms with van der Waals surface area (Å²) in [6.45, 7) is 4.28. The fourth-order valence-corrected chi connectivity index (χ4v) is 4.95. The van der Waals surface area contributed by atoms with Crippen LogP contribution >= 0.6 is 0 Å². The standard InChI is InChI=1S/C26H32N2O4/c1-26(2)13-18-22(19(29)14-26)21(15-8-10-16(11-9-15)28(3)4)23-17(27-18)12-20(30-5)24(31-6)25(23)32-7/h8-12,21,27H,13-14H2,1-7H3/t21-/m0/s1. The molecule has 2 aliphatic rings. The van der Waals surface area contributed by atoms with Crippen LogP contribution in [-0.2, 0) is 4.79 Å². The molecule has 1 aliphatic carbocycles. The minimum absolute atomic E-state index is 0.0968. The average molecular weight is 437 g/mol. The van der Waals surface area contributed by atoms with Crippen molar-refractivity contribution in [3.63, 3.8) is 0 Å². The van der Waals surface area contributed by atoms with E-state index in [9.17, 15) is 4.79 Å². The number of carbonyl (C=O) groups excluding carboxylic acids is 1.